The maximum absolute atomic E-state index is 2.70. The van der Waals surface area contributed by atoms with Gasteiger partial charge in [0.25, 0.3) is 6.71 Å². The topological polar surface area (TPSA) is 9.86 Å². The van der Waals surface area contributed by atoms with Crippen LogP contribution in [0.1, 0.15) is 57.7 Å². The smallest absolute Gasteiger partial charge is 0.252 e. The van der Waals surface area contributed by atoms with Gasteiger partial charge in [0.2, 0.25) is 0 Å². The van der Waals surface area contributed by atoms with Crippen LogP contribution in [0.2, 0.25) is 0 Å². The minimum Gasteiger partial charge on any atom is -0.310 e. The highest BCUT2D eigenvalue weighted by molar-refractivity contribution is 7.00. The van der Waals surface area contributed by atoms with Gasteiger partial charge in [-0.25, -0.2) is 0 Å². The lowest BCUT2D eigenvalue weighted by atomic mass is 9.34. The lowest BCUT2D eigenvalue weighted by molar-refractivity contribution is 0.835. The lowest BCUT2D eigenvalue weighted by Gasteiger charge is -2.37. The molecule has 2 aromatic heterocycles. The van der Waals surface area contributed by atoms with Gasteiger partial charge in [0.05, 0.1) is 11.0 Å². The Morgan fingerprint density at radius 3 is 1.98 bits per heavy atom. The SMILES string of the molecule is C1=CC2=CCc3ccc(-c4cc5c6c(c4)c4cc7c8ccccc8c8ccccc8c7cc4n6-c4cccc6c4B5c4cc(C5=C7C=CC8=C9C(=CC=C(C=C5)C79)CC=C8)cc5c7cc(-c8ccc9c%10c%11c(ccc8%10)C=CCC%11=CC9)ccc7n-6c45)c4c3C2C(=C1)C=C4. The van der Waals surface area contributed by atoms with Crippen molar-refractivity contribution in [1.29, 1.82) is 0 Å². The summed E-state index contributed by atoms with van der Waals surface area (Å²) in [5, 5.41) is 15.7. The summed E-state index contributed by atoms with van der Waals surface area (Å²) in [6, 6.07) is 63.0. The fourth-order valence-corrected chi connectivity index (χ4v) is 19.9. The van der Waals surface area contributed by atoms with Crippen molar-refractivity contribution >= 4 is 133 Å². The van der Waals surface area contributed by atoms with Gasteiger partial charge in [-0.1, -0.05) is 212 Å². The fourth-order valence-electron chi connectivity index (χ4n) is 19.9. The summed E-state index contributed by atoms with van der Waals surface area (Å²) in [6.45, 7) is -0.0932. The van der Waals surface area contributed by atoms with E-state index in [9.17, 15) is 0 Å². The summed E-state index contributed by atoms with van der Waals surface area (Å²) < 4.78 is 5.38. The zero-order valence-corrected chi connectivity index (χ0v) is 50.8. The van der Waals surface area contributed by atoms with E-state index in [4.69, 9.17) is 0 Å². The Kier molecular flexibility index (Phi) is 8.88. The molecule has 2 atom stereocenters. The van der Waals surface area contributed by atoms with Gasteiger partial charge in [-0.3, -0.25) is 0 Å². The zero-order chi connectivity index (χ0) is 59.8. The van der Waals surface area contributed by atoms with E-state index in [-0.39, 0.29) is 18.5 Å². The molecule has 11 aromatic carbocycles. The maximum Gasteiger partial charge on any atom is 0.252 e. The van der Waals surface area contributed by atoms with Gasteiger partial charge in [-0.2, -0.15) is 0 Å². The number of hydrogen-bond acceptors (Lipinski definition) is 0. The normalized spacial score (nSPS) is 19.0. The molecule has 4 heterocycles. The second-order valence-electron chi connectivity index (χ2n) is 27.8. The molecule has 11 aliphatic rings. The Morgan fingerprint density at radius 2 is 1.12 bits per heavy atom. The van der Waals surface area contributed by atoms with Crippen LogP contribution in [0.3, 0.4) is 0 Å². The van der Waals surface area contributed by atoms with Crippen molar-refractivity contribution in [2.75, 3.05) is 0 Å². The van der Waals surface area contributed by atoms with Crippen molar-refractivity contribution in [2.24, 2.45) is 5.92 Å². The van der Waals surface area contributed by atoms with E-state index in [0.29, 0.717) is 0 Å². The van der Waals surface area contributed by atoms with E-state index in [2.05, 4.69) is 270 Å². The third-order valence-corrected chi connectivity index (χ3v) is 23.7. The molecule has 93 heavy (non-hydrogen) atoms. The third-order valence-electron chi connectivity index (χ3n) is 23.7. The summed E-state index contributed by atoms with van der Waals surface area (Å²) in [5.41, 5.74) is 39.3. The highest BCUT2D eigenvalue weighted by Gasteiger charge is 2.43. The Morgan fingerprint density at radius 1 is 0.409 bits per heavy atom. The first-order valence-electron chi connectivity index (χ1n) is 33.5. The van der Waals surface area contributed by atoms with Gasteiger partial charge in [-0.15, -0.1) is 0 Å². The van der Waals surface area contributed by atoms with Crippen molar-refractivity contribution in [3.05, 3.63) is 327 Å². The molecule has 24 rings (SSSR count). The third kappa shape index (κ3) is 6.01. The predicted molar refractivity (Wildman–Crippen MR) is 392 cm³/mol. The first kappa shape index (κ1) is 48.6. The number of benzene rings is 11. The van der Waals surface area contributed by atoms with Crippen LogP contribution in [0.4, 0.5) is 0 Å². The van der Waals surface area contributed by atoms with Crippen LogP contribution in [-0.2, 0) is 12.8 Å². The molecule has 3 heteroatoms. The van der Waals surface area contributed by atoms with Crippen molar-refractivity contribution in [1.82, 2.24) is 9.13 Å². The summed E-state index contributed by atoms with van der Waals surface area (Å²) in [5.74, 6) is 0.450. The van der Waals surface area contributed by atoms with E-state index < -0.39 is 0 Å². The van der Waals surface area contributed by atoms with E-state index in [1.807, 2.05) is 0 Å². The molecule has 0 amide bonds. The molecule has 0 saturated heterocycles. The van der Waals surface area contributed by atoms with Gasteiger partial charge >= 0.3 is 0 Å². The number of aromatic nitrogens is 2. The Labute approximate surface area is 536 Å². The zero-order valence-electron chi connectivity index (χ0n) is 50.8. The second-order valence-corrected chi connectivity index (χ2v) is 27.8. The highest BCUT2D eigenvalue weighted by Crippen LogP contribution is 2.54. The second kappa shape index (κ2) is 17.0. The predicted octanol–water partition coefficient (Wildman–Crippen LogP) is 20.0. The van der Waals surface area contributed by atoms with Crippen LogP contribution >= 0.6 is 0 Å². The molecule has 0 N–H and O–H groups in total. The van der Waals surface area contributed by atoms with Crippen LogP contribution in [0.25, 0.3) is 144 Å². The van der Waals surface area contributed by atoms with Crippen LogP contribution in [0, 0.1) is 5.92 Å². The molecule has 0 spiro atoms. The number of hydrogen-bond donors (Lipinski definition) is 0. The van der Waals surface area contributed by atoms with E-state index in [0.717, 1.165) is 25.7 Å². The number of allylic oxidation sites excluding steroid dienone is 24. The number of fused-ring (bicyclic) bond motifs is 16. The molecule has 0 saturated carbocycles. The molecule has 0 radical (unpaired) electrons. The van der Waals surface area contributed by atoms with Crippen LogP contribution in [0.15, 0.2) is 288 Å². The summed E-state index contributed by atoms with van der Waals surface area (Å²) >= 11 is 0. The van der Waals surface area contributed by atoms with Gasteiger partial charge in [-0.05, 0) is 245 Å². The molecule has 2 aliphatic heterocycles. The minimum absolute atomic E-state index is 0.0932. The fraction of sp³-hybridized carbons (Fsp3) is 0.0667. The molecule has 9 aliphatic carbocycles. The lowest BCUT2D eigenvalue weighted by Crippen LogP contribution is -2.59. The standard InChI is InChI=1S/C90H53BN2/c1-3-17-65-63(15-1)64-16-2-4-18-66(64)71-47-81-73(46-70(65)71)75-43-59(62-36-29-56-26-23-50-11-7-14-53-32-39-69(62)87(56)84(50)53)45-77-90(75)93(81)80-20-8-19-79-88(80)91(77)76-44-58(61-35-28-55-25-22-49-10-6-13-52-31-38-68(61)86(55)83(49)52)42-74-72-41-57(33-40-78(72)92(79)89(74)76)60-34-27-54-24-21-48-9-5-12-51-30-37-67(60)85(54)82(48)51/h1-8,11-23,25,27-47,84,86H,9-10,24,26H2. The van der Waals surface area contributed by atoms with E-state index in [1.165, 1.54) is 226 Å². The molecule has 426 valence electrons. The van der Waals surface area contributed by atoms with Gasteiger partial charge in [0.15, 0.2) is 0 Å². The number of rotatable bonds is 3. The van der Waals surface area contributed by atoms with Gasteiger partial charge < -0.3 is 9.13 Å². The Hall–Kier alpha value is -11.3. The average molecular weight is 1170 g/mol. The summed E-state index contributed by atoms with van der Waals surface area (Å²) in [7, 11) is 0. The molecular formula is C90H53BN2. The quantitative estimate of drug-likeness (QED) is 0.123. The van der Waals surface area contributed by atoms with Crippen molar-refractivity contribution in [3.8, 4) is 33.6 Å². The molecular weight excluding hydrogens is 1120 g/mol. The van der Waals surface area contributed by atoms with E-state index >= 15 is 0 Å². The van der Waals surface area contributed by atoms with E-state index in [1.54, 1.807) is 0 Å². The highest BCUT2D eigenvalue weighted by atomic mass is 15.0. The van der Waals surface area contributed by atoms with Crippen LogP contribution in [-0.4, -0.2) is 15.8 Å². The van der Waals surface area contributed by atoms with Crippen molar-refractivity contribution in [2.45, 2.75) is 31.6 Å². The molecule has 0 bridgehead atoms. The first-order valence-corrected chi connectivity index (χ1v) is 33.5. The van der Waals surface area contributed by atoms with Crippen molar-refractivity contribution < 1.29 is 0 Å². The van der Waals surface area contributed by atoms with Gasteiger partial charge in [0.1, 0.15) is 0 Å². The largest absolute Gasteiger partial charge is 0.310 e. The maximum atomic E-state index is 2.70. The molecule has 13 aromatic rings. The average Bonchev–Trinajstić information content (AvgIpc) is 1.54. The van der Waals surface area contributed by atoms with Gasteiger partial charge in [0, 0.05) is 55.8 Å². The first-order chi connectivity index (χ1) is 46.1. The monoisotopic (exact) mass is 1170 g/mol. The molecule has 2 nitrogen and oxygen atoms in total. The minimum atomic E-state index is -0.0932. The van der Waals surface area contributed by atoms with Crippen molar-refractivity contribution in [3.63, 3.8) is 0 Å². The molecule has 0 fully saturated rings. The summed E-state index contributed by atoms with van der Waals surface area (Å²) in [6.07, 6.45) is 44.5. The Bertz CT molecular complexity index is 6460. The number of nitrogens with zero attached hydrogens (tertiary/aromatic N) is 2. The summed E-state index contributed by atoms with van der Waals surface area (Å²) in [4.78, 5) is 0. The van der Waals surface area contributed by atoms with Crippen LogP contribution < -0.4 is 16.4 Å². The van der Waals surface area contributed by atoms with Crippen LogP contribution in [0.5, 0.6) is 0 Å². The Balaban J connectivity index is 0.826. The molecule has 2 unspecified atom stereocenters.